The highest BCUT2D eigenvalue weighted by Gasteiger charge is 2.24. The molecule has 20 heavy (non-hydrogen) atoms. The molecule has 4 nitrogen and oxygen atoms in total. The molecular formula is C16H28N2O2. The van der Waals surface area contributed by atoms with Gasteiger partial charge in [0.1, 0.15) is 0 Å². The maximum atomic E-state index is 12.1. The Morgan fingerprint density at radius 3 is 2.30 bits per heavy atom. The molecule has 0 aromatic rings. The van der Waals surface area contributed by atoms with E-state index in [0.717, 1.165) is 24.3 Å². The summed E-state index contributed by atoms with van der Waals surface area (Å²) < 4.78 is 0. The highest BCUT2D eigenvalue weighted by atomic mass is 16.2. The van der Waals surface area contributed by atoms with Gasteiger partial charge in [0, 0.05) is 17.5 Å². The van der Waals surface area contributed by atoms with Gasteiger partial charge in [-0.15, -0.1) is 0 Å². The Kier molecular flexibility index (Phi) is 5.78. The van der Waals surface area contributed by atoms with Gasteiger partial charge in [0.15, 0.2) is 0 Å². The number of nitrogens with two attached hydrogens (primary N) is 1. The number of amides is 2. The van der Waals surface area contributed by atoms with E-state index in [4.69, 9.17) is 5.73 Å². The SMILES string of the molecule is C/C(=C\C1CCC(C)CC1)C(=O)NC(C)(C)CC(N)=O. The molecule has 1 aliphatic rings. The van der Waals surface area contributed by atoms with E-state index in [0.29, 0.717) is 5.92 Å². The summed E-state index contributed by atoms with van der Waals surface area (Å²) in [6.07, 6.45) is 7.04. The molecule has 0 heterocycles. The molecular weight excluding hydrogens is 252 g/mol. The van der Waals surface area contributed by atoms with Gasteiger partial charge in [0.05, 0.1) is 0 Å². The van der Waals surface area contributed by atoms with Gasteiger partial charge in [0.25, 0.3) is 0 Å². The second-order valence-corrected chi connectivity index (χ2v) is 6.85. The van der Waals surface area contributed by atoms with Crippen molar-refractivity contribution in [2.75, 3.05) is 0 Å². The summed E-state index contributed by atoms with van der Waals surface area (Å²) >= 11 is 0. The van der Waals surface area contributed by atoms with Crippen LogP contribution in [0, 0.1) is 11.8 Å². The first-order valence-electron chi connectivity index (χ1n) is 7.49. The number of primary amides is 1. The predicted octanol–water partition coefficient (Wildman–Crippen LogP) is 2.53. The van der Waals surface area contributed by atoms with Crippen LogP contribution in [0.3, 0.4) is 0 Å². The van der Waals surface area contributed by atoms with E-state index >= 15 is 0 Å². The summed E-state index contributed by atoms with van der Waals surface area (Å²) in [6.45, 7) is 7.75. The Bertz CT molecular complexity index is 391. The second kappa shape index (κ2) is 6.91. The van der Waals surface area contributed by atoms with E-state index in [9.17, 15) is 9.59 Å². The molecule has 0 aliphatic heterocycles. The molecule has 2 amide bonds. The van der Waals surface area contributed by atoms with Crippen LogP contribution in [0.5, 0.6) is 0 Å². The van der Waals surface area contributed by atoms with Crippen LogP contribution >= 0.6 is 0 Å². The molecule has 0 atom stereocenters. The van der Waals surface area contributed by atoms with Crippen molar-refractivity contribution in [2.45, 2.75) is 65.3 Å². The molecule has 3 N–H and O–H groups in total. The lowest BCUT2D eigenvalue weighted by atomic mass is 9.82. The third kappa shape index (κ3) is 5.76. The van der Waals surface area contributed by atoms with E-state index in [1.165, 1.54) is 12.8 Å². The van der Waals surface area contributed by atoms with Gasteiger partial charge >= 0.3 is 0 Å². The van der Waals surface area contributed by atoms with Crippen LogP contribution < -0.4 is 11.1 Å². The minimum atomic E-state index is -0.598. The van der Waals surface area contributed by atoms with Crippen molar-refractivity contribution in [1.82, 2.24) is 5.32 Å². The molecule has 114 valence electrons. The van der Waals surface area contributed by atoms with Crippen LogP contribution in [-0.4, -0.2) is 17.4 Å². The highest BCUT2D eigenvalue weighted by molar-refractivity contribution is 5.93. The van der Waals surface area contributed by atoms with Crippen LogP contribution in [0.15, 0.2) is 11.6 Å². The minimum Gasteiger partial charge on any atom is -0.370 e. The lowest BCUT2D eigenvalue weighted by Crippen LogP contribution is -2.46. The molecule has 0 saturated heterocycles. The molecule has 0 radical (unpaired) electrons. The fourth-order valence-corrected chi connectivity index (χ4v) is 2.77. The molecule has 1 fully saturated rings. The maximum Gasteiger partial charge on any atom is 0.247 e. The van der Waals surface area contributed by atoms with E-state index in [-0.39, 0.29) is 12.3 Å². The van der Waals surface area contributed by atoms with Crippen molar-refractivity contribution in [3.05, 3.63) is 11.6 Å². The normalized spacial score (nSPS) is 24.3. The zero-order valence-corrected chi connectivity index (χ0v) is 13.2. The van der Waals surface area contributed by atoms with Gasteiger partial charge < -0.3 is 11.1 Å². The Balaban J connectivity index is 2.55. The van der Waals surface area contributed by atoms with Crippen LogP contribution in [0.2, 0.25) is 0 Å². The quantitative estimate of drug-likeness (QED) is 0.760. The fourth-order valence-electron chi connectivity index (χ4n) is 2.77. The second-order valence-electron chi connectivity index (χ2n) is 6.85. The van der Waals surface area contributed by atoms with Gasteiger partial charge in [-0.1, -0.05) is 25.8 Å². The standard InChI is InChI=1S/C16H28N2O2/c1-11-5-7-13(8-6-11)9-12(2)15(20)18-16(3,4)10-14(17)19/h9,11,13H,5-8,10H2,1-4H3,(H2,17,19)(H,18,20)/b12-9+. The Labute approximate surface area is 122 Å². The average Bonchev–Trinajstić information content (AvgIpc) is 2.29. The van der Waals surface area contributed by atoms with Crippen molar-refractivity contribution in [3.63, 3.8) is 0 Å². The first-order valence-corrected chi connectivity index (χ1v) is 7.49. The summed E-state index contributed by atoms with van der Waals surface area (Å²) in [6, 6.07) is 0. The highest BCUT2D eigenvalue weighted by Crippen LogP contribution is 2.29. The van der Waals surface area contributed by atoms with Crippen LogP contribution in [-0.2, 0) is 9.59 Å². The monoisotopic (exact) mass is 280 g/mol. The van der Waals surface area contributed by atoms with E-state index < -0.39 is 11.4 Å². The molecule has 0 bridgehead atoms. The summed E-state index contributed by atoms with van der Waals surface area (Å²) in [5.41, 5.74) is 5.33. The summed E-state index contributed by atoms with van der Waals surface area (Å²) in [7, 11) is 0. The molecule has 0 aromatic carbocycles. The minimum absolute atomic E-state index is 0.102. The maximum absolute atomic E-state index is 12.1. The van der Waals surface area contributed by atoms with Gasteiger partial charge in [-0.2, -0.15) is 0 Å². The first kappa shape index (κ1) is 16.7. The number of rotatable bonds is 5. The van der Waals surface area contributed by atoms with Crippen molar-refractivity contribution < 1.29 is 9.59 Å². The number of hydrogen-bond donors (Lipinski definition) is 2. The molecule has 1 saturated carbocycles. The average molecular weight is 280 g/mol. The number of carbonyl (C=O) groups excluding carboxylic acids is 2. The molecule has 0 unspecified atom stereocenters. The van der Waals surface area contributed by atoms with Crippen molar-refractivity contribution in [2.24, 2.45) is 17.6 Å². The molecule has 4 heteroatoms. The largest absolute Gasteiger partial charge is 0.370 e. The van der Waals surface area contributed by atoms with Crippen molar-refractivity contribution in [3.8, 4) is 0 Å². The Morgan fingerprint density at radius 1 is 1.25 bits per heavy atom. The topological polar surface area (TPSA) is 72.2 Å². The Morgan fingerprint density at radius 2 is 1.80 bits per heavy atom. The number of allylic oxidation sites excluding steroid dienone is 1. The number of carbonyl (C=O) groups is 2. The summed E-state index contributed by atoms with van der Waals surface area (Å²) in [5, 5.41) is 2.88. The van der Waals surface area contributed by atoms with Crippen molar-refractivity contribution in [1.29, 1.82) is 0 Å². The van der Waals surface area contributed by atoms with E-state index in [2.05, 4.69) is 18.3 Å². The van der Waals surface area contributed by atoms with Gasteiger partial charge in [0.2, 0.25) is 11.8 Å². The fraction of sp³-hybridized carbons (Fsp3) is 0.750. The van der Waals surface area contributed by atoms with Crippen molar-refractivity contribution >= 4 is 11.8 Å². The third-order valence-electron chi connectivity index (χ3n) is 3.97. The third-order valence-corrected chi connectivity index (χ3v) is 3.97. The number of hydrogen-bond acceptors (Lipinski definition) is 2. The van der Waals surface area contributed by atoms with Gasteiger partial charge in [-0.3, -0.25) is 9.59 Å². The van der Waals surface area contributed by atoms with Crippen LogP contribution in [0.4, 0.5) is 0 Å². The lowest BCUT2D eigenvalue weighted by molar-refractivity contribution is -0.121. The van der Waals surface area contributed by atoms with E-state index in [1.54, 1.807) is 0 Å². The molecule has 1 aliphatic carbocycles. The molecule has 0 aromatic heterocycles. The van der Waals surface area contributed by atoms with E-state index in [1.807, 2.05) is 20.8 Å². The summed E-state index contributed by atoms with van der Waals surface area (Å²) in [5.74, 6) is 0.813. The zero-order valence-electron chi connectivity index (χ0n) is 13.2. The van der Waals surface area contributed by atoms with Crippen LogP contribution in [0.1, 0.15) is 59.8 Å². The Hall–Kier alpha value is -1.32. The van der Waals surface area contributed by atoms with Gasteiger partial charge in [-0.05, 0) is 45.4 Å². The first-order chi connectivity index (χ1) is 9.19. The summed E-state index contributed by atoms with van der Waals surface area (Å²) in [4.78, 5) is 23.1. The number of nitrogens with one attached hydrogen (secondary N) is 1. The predicted molar refractivity (Wildman–Crippen MR) is 80.9 cm³/mol. The molecule has 1 rings (SSSR count). The van der Waals surface area contributed by atoms with Crippen LogP contribution in [0.25, 0.3) is 0 Å². The zero-order chi connectivity index (χ0) is 15.3. The van der Waals surface area contributed by atoms with Gasteiger partial charge in [-0.25, -0.2) is 0 Å². The molecule has 0 spiro atoms. The lowest BCUT2D eigenvalue weighted by Gasteiger charge is -2.26. The smallest absolute Gasteiger partial charge is 0.247 e.